The van der Waals surface area contributed by atoms with E-state index in [9.17, 15) is 4.79 Å². The van der Waals surface area contributed by atoms with Crippen molar-refractivity contribution in [1.29, 1.82) is 0 Å². The van der Waals surface area contributed by atoms with Gasteiger partial charge in [0.2, 0.25) is 5.91 Å². The molecule has 1 saturated heterocycles. The van der Waals surface area contributed by atoms with Gasteiger partial charge in [-0.05, 0) is 37.3 Å². The van der Waals surface area contributed by atoms with Gasteiger partial charge < -0.3 is 4.90 Å². The fourth-order valence-electron chi connectivity index (χ4n) is 2.96. The third-order valence-electron chi connectivity index (χ3n) is 4.01. The summed E-state index contributed by atoms with van der Waals surface area (Å²) in [6.45, 7) is 0.879. The summed E-state index contributed by atoms with van der Waals surface area (Å²) in [5, 5.41) is 0.0567. The Bertz CT molecular complexity index is 454. The van der Waals surface area contributed by atoms with Crippen LogP contribution in [0.15, 0.2) is 29.2 Å². The maximum atomic E-state index is 12.7. The first kappa shape index (κ1) is 13.3. The predicted octanol–water partition coefficient (Wildman–Crippen LogP) is 3.32. The molecule has 102 valence electrons. The molecule has 0 radical (unpaired) electrons. The molecule has 3 rings (SSSR count). The third-order valence-corrected chi connectivity index (χ3v) is 5.67. The van der Waals surface area contributed by atoms with E-state index in [-0.39, 0.29) is 17.2 Å². The number of likely N-dealkylation sites (tertiary alicyclic amines) is 1. The Balaban J connectivity index is 1.72. The van der Waals surface area contributed by atoms with Crippen molar-refractivity contribution in [3.05, 3.63) is 29.8 Å². The first-order chi connectivity index (χ1) is 9.29. The van der Waals surface area contributed by atoms with Crippen LogP contribution < -0.4 is 0 Å². The van der Waals surface area contributed by atoms with Gasteiger partial charge in [0.25, 0.3) is 0 Å². The molecule has 2 unspecified atom stereocenters. The quantitative estimate of drug-likeness (QED) is 0.780. The van der Waals surface area contributed by atoms with E-state index < -0.39 is 0 Å². The van der Waals surface area contributed by atoms with E-state index in [1.54, 1.807) is 11.8 Å². The van der Waals surface area contributed by atoms with Gasteiger partial charge in [0.1, 0.15) is 0 Å². The van der Waals surface area contributed by atoms with E-state index in [0.717, 1.165) is 25.8 Å². The molecular weight excluding hydrogens is 278 g/mol. The maximum Gasteiger partial charge on any atom is 0.236 e. The molecule has 0 aromatic heterocycles. The molecule has 0 N–H and O–H groups in total. The Morgan fingerprint density at radius 1 is 1.37 bits per heavy atom. The number of benzene rings is 1. The number of nitrogens with zero attached hydrogens (tertiary/aromatic N) is 1. The number of thioether (sulfide) groups is 1. The number of hydrogen-bond acceptors (Lipinski definition) is 2. The number of carbonyl (C=O) groups is 1. The van der Waals surface area contributed by atoms with Crippen LogP contribution in [0.2, 0.25) is 0 Å². The summed E-state index contributed by atoms with van der Waals surface area (Å²) in [4.78, 5) is 16.0. The van der Waals surface area contributed by atoms with Crippen molar-refractivity contribution in [2.24, 2.45) is 0 Å². The number of alkyl halides is 1. The van der Waals surface area contributed by atoms with Crippen LogP contribution in [0.1, 0.15) is 24.8 Å². The van der Waals surface area contributed by atoms with Crippen molar-refractivity contribution in [2.75, 3.05) is 12.4 Å². The summed E-state index contributed by atoms with van der Waals surface area (Å²) in [5.41, 5.74) is 1.31. The van der Waals surface area contributed by atoms with Crippen LogP contribution >= 0.6 is 23.4 Å². The molecule has 1 aromatic rings. The minimum Gasteiger partial charge on any atom is -0.338 e. The monoisotopic (exact) mass is 295 g/mol. The Labute approximate surface area is 123 Å². The van der Waals surface area contributed by atoms with Crippen molar-refractivity contribution in [3.63, 3.8) is 0 Å². The van der Waals surface area contributed by atoms with E-state index in [0.29, 0.717) is 5.88 Å². The number of rotatable bonds is 2. The lowest BCUT2D eigenvalue weighted by Crippen LogP contribution is -2.48. The zero-order valence-electron chi connectivity index (χ0n) is 10.8. The van der Waals surface area contributed by atoms with E-state index >= 15 is 0 Å². The average molecular weight is 296 g/mol. The molecule has 2 nitrogen and oxygen atoms in total. The van der Waals surface area contributed by atoms with Crippen LogP contribution in [0.25, 0.3) is 0 Å². The largest absolute Gasteiger partial charge is 0.338 e. The number of carbonyl (C=O) groups excluding carboxylic acids is 1. The van der Waals surface area contributed by atoms with Crippen LogP contribution in [-0.2, 0) is 11.2 Å². The molecule has 19 heavy (non-hydrogen) atoms. The Morgan fingerprint density at radius 2 is 2.21 bits per heavy atom. The fraction of sp³-hybridized carbons (Fsp3) is 0.533. The van der Waals surface area contributed by atoms with Crippen LogP contribution in [0.5, 0.6) is 0 Å². The van der Waals surface area contributed by atoms with Crippen molar-refractivity contribution in [2.45, 2.75) is 41.9 Å². The van der Waals surface area contributed by atoms with Crippen LogP contribution in [-0.4, -0.2) is 34.5 Å². The molecule has 1 fully saturated rings. The minimum absolute atomic E-state index is 0.0567. The molecule has 2 aliphatic rings. The number of hydrogen-bond donors (Lipinski definition) is 0. The highest BCUT2D eigenvalue weighted by molar-refractivity contribution is 8.01. The van der Waals surface area contributed by atoms with E-state index in [4.69, 9.17) is 11.6 Å². The number of halogens is 1. The van der Waals surface area contributed by atoms with Crippen LogP contribution in [0.4, 0.5) is 0 Å². The molecule has 0 bridgehead atoms. The topological polar surface area (TPSA) is 20.3 Å². The third kappa shape index (κ3) is 2.63. The Morgan fingerprint density at radius 3 is 3.00 bits per heavy atom. The molecule has 2 atom stereocenters. The lowest BCUT2D eigenvalue weighted by atomic mass is 10.0. The summed E-state index contributed by atoms with van der Waals surface area (Å²) in [5.74, 6) is 0.849. The summed E-state index contributed by atoms with van der Waals surface area (Å²) in [6.07, 6.45) is 4.23. The average Bonchev–Trinajstić information content (AvgIpc) is 2.90. The van der Waals surface area contributed by atoms with Gasteiger partial charge in [-0.2, -0.15) is 0 Å². The molecule has 0 saturated carbocycles. The van der Waals surface area contributed by atoms with Gasteiger partial charge in [-0.25, -0.2) is 0 Å². The highest BCUT2D eigenvalue weighted by Gasteiger charge is 2.34. The highest BCUT2D eigenvalue weighted by atomic mass is 35.5. The number of piperidine rings is 1. The van der Waals surface area contributed by atoms with Gasteiger partial charge in [-0.1, -0.05) is 18.2 Å². The Hall–Kier alpha value is -0.670. The van der Waals surface area contributed by atoms with E-state index in [1.807, 2.05) is 11.0 Å². The Kier molecular flexibility index (Phi) is 4.04. The van der Waals surface area contributed by atoms with E-state index in [2.05, 4.69) is 18.2 Å². The van der Waals surface area contributed by atoms with Crippen molar-refractivity contribution >= 4 is 29.3 Å². The smallest absolute Gasteiger partial charge is 0.236 e. The lowest BCUT2D eigenvalue weighted by Gasteiger charge is -2.36. The van der Waals surface area contributed by atoms with Gasteiger partial charge >= 0.3 is 0 Å². The highest BCUT2D eigenvalue weighted by Crippen LogP contribution is 2.38. The second kappa shape index (κ2) is 5.76. The summed E-state index contributed by atoms with van der Waals surface area (Å²) in [6, 6.07) is 8.58. The van der Waals surface area contributed by atoms with E-state index in [1.165, 1.54) is 16.9 Å². The summed E-state index contributed by atoms with van der Waals surface area (Å²) < 4.78 is 0. The molecule has 0 spiro atoms. The lowest BCUT2D eigenvalue weighted by molar-refractivity contribution is -0.133. The first-order valence-electron chi connectivity index (χ1n) is 6.90. The molecule has 1 amide bonds. The van der Waals surface area contributed by atoms with Crippen LogP contribution in [0, 0.1) is 0 Å². The predicted molar refractivity (Wildman–Crippen MR) is 79.9 cm³/mol. The zero-order valence-corrected chi connectivity index (χ0v) is 12.4. The molecule has 0 aliphatic carbocycles. The normalized spacial score (nSPS) is 26.3. The van der Waals surface area contributed by atoms with Crippen molar-refractivity contribution in [1.82, 2.24) is 4.90 Å². The van der Waals surface area contributed by atoms with Gasteiger partial charge in [-0.3, -0.25) is 4.79 Å². The maximum absolute atomic E-state index is 12.7. The zero-order chi connectivity index (χ0) is 13.2. The first-order valence-corrected chi connectivity index (χ1v) is 8.32. The van der Waals surface area contributed by atoms with Crippen molar-refractivity contribution in [3.8, 4) is 0 Å². The van der Waals surface area contributed by atoms with Crippen LogP contribution in [0.3, 0.4) is 0 Å². The van der Waals surface area contributed by atoms with Gasteiger partial charge in [0, 0.05) is 23.4 Å². The number of fused-ring (bicyclic) bond motifs is 1. The second-order valence-electron chi connectivity index (χ2n) is 5.25. The molecular formula is C15H18ClNOS. The molecule has 1 aromatic carbocycles. The number of amides is 1. The SMILES string of the molecule is O=C(C1Cc2ccccc2S1)N1CCCCC1CCl. The van der Waals surface area contributed by atoms with Gasteiger partial charge in [0.05, 0.1) is 5.25 Å². The second-order valence-corrected chi connectivity index (χ2v) is 6.81. The standard InChI is InChI=1S/C15H18ClNOS/c16-10-12-6-3-4-8-17(12)15(18)14-9-11-5-1-2-7-13(11)19-14/h1-2,5,7,12,14H,3-4,6,8-10H2. The molecule has 4 heteroatoms. The van der Waals surface area contributed by atoms with Gasteiger partial charge in [-0.15, -0.1) is 23.4 Å². The molecule has 2 heterocycles. The minimum atomic E-state index is 0.0567. The van der Waals surface area contributed by atoms with Gasteiger partial charge in [0.15, 0.2) is 0 Å². The molecule has 2 aliphatic heterocycles. The fourth-order valence-corrected chi connectivity index (χ4v) is 4.54. The van der Waals surface area contributed by atoms with Crippen molar-refractivity contribution < 1.29 is 4.79 Å². The summed E-state index contributed by atoms with van der Waals surface area (Å²) in [7, 11) is 0. The summed E-state index contributed by atoms with van der Waals surface area (Å²) >= 11 is 7.73.